The van der Waals surface area contributed by atoms with Crippen molar-refractivity contribution in [3.8, 4) is 5.75 Å². The molecule has 2 rings (SSSR count). The van der Waals surface area contributed by atoms with Crippen LogP contribution in [0.25, 0.3) is 0 Å². The van der Waals surface area contributed by atoms with E-state index in [1.54, 1.807) is 12.1 Å². The number of nitrogens with one attached hydrogen (secondary N) is 1. The molecule has 0 amide bonds. The summed E-state index contributed by atoms with van der Waals surface area (Å²) in [5.41, 5.74) is 5.48. The van der Waals surface area contributed by atoms with Crippen molar-refractivity contribution in [3.63, 3.8) is 0 Å². The Hall–Kier alpha value is -1.41. The van der Waals surface area contributed by atoms with Crippen LogP contribution in [0, 0.1) is 0 Å². The Kier molecular flexibility index (Phi) is 5.75. The Morgan fingerprint density at radius 2 is 1.90 bits per heavy atom. The summed E-state index contributed by atoms with van der Waals surface area (Å²) in [4.78, 5) is 0.850. The van der Waals surface area contributed by atoms with E-state index in [0.29, 0.717) is 30.3 Å². The molecule has 5 nitrogen and oxygen atoms in total. The monoisotopic (exact) mass is 326 g/mol. The van der Waals surface area contributed by atoms with Crippen LogP contribution in [0.15, 0.2) is 46.7 Å². The van der Waals surface area contributed by atoms with Crippen LogP contribution in [0.5, 0.6) is 5.75 Å². The fraction of sp³-hybridized carbons (Fsp3) is 0.286. The van der Waals surface area contributed by atoms with Gasteiger partial charge in [-0.15, -0.1) is 11.3 Å². The lowest BCUT2D eigenvalue weighted by atomic mass is 10.3. The molecule has 7 heteroatoms. The summed E-state index contributed by atoms with van der Waals surface area (Å²) in [5.74, 6) is 0.784. The zero-order valence-corrected chi connectivity index (χ0v) is 13.1. The molecule has 0 atom stereocenters. The maximum Gasteiger partial charge on any atom is 0.250 e. The van der Waals surface area contributed by atoms with Gasteiger partial charge in [0.05, 0.1) is 6.61 Å². The highest BCUT2D eigenvalue weighted by Gasteiger charge is 2.15. The van der Waals surface area contributed by atoms with Gasteiger partial charge in [-0.1, -0.05) is 18.2 Å². The van der Waals surface area contributed by atoms with Gasteiger partial charge in [-0.25, -0.2) is 13.1 Å². The molecule has 0 bridgehead atoms. The molecule has 3 N–H and O–H groups in total. The number of nitrogens with two attached hydrogens (primary N) is 1. The minimum Gasteiger partial charge on any atom is -0.494 e. The first kappa shape index (κ1) is 16.0. The third-order valence-corrected chi connectivity index (χ3v) is 5.79. The number of rotatable bonds is 8. The van der Waals surface area contributed by atoms with Gasteiger partial charge in [0.15, 0.2) is 0 Å². The van der Waals surface area contributed by atoms with Crippen LogP contribution >= 0.6 is 11.3 Å². The fourth-order valence-electron chi connectivity index (χ4n) is 1.67. The van der Waals surface area contributed by atoms with Gasteiger partial charge in [-0.3, -0.25) is 0 Å². The molecule has 1 heterocycles. The normalized spacial score (nSPS) is 11.5. The second-order valence-corrected chi connectivity index (χ2v) is 7.50. The molecule has 114 valence electrons. The molecule has 0 fully saturated rings. The molecule has 0 aliphatic rings. The average Bonchev–Trinajstić information content (AvgIpc) is 2.98. The summed E-state index contributed by atoms with van der Waals surface area (Å²) in [6, 6.07) is 12.7. The Balaban J connectivity index is 1.75. The molecule has 0 saturated carbocycles. The van der Waals surface area contributed by atoms with Gasteiger partial charge in [0.25, 0.3) is 0 Å². The van der Waals surface area contributed by atoms with Crippen molar-refractivity contribution in [2.45, 2.75) is 17.2 Å². The zero-order valence-electron chi connectivity index (χ0n) is 11.5. The van der Waals surface area contributed by atoms with E-state index in [0.717, 1.165) is 10.6 Å². The van der Waals surface area contributed by atoms with E-state index in [1.807, 2.05) is 30.3 Å². The molecule has 0 radical (unpaired) electrons. The van der Waals surface area contributed by atoms with E-state index in [2.05, 4.69) is 4.72 Å². The van der Waals surface area contributed by atoms with Crippen LogP contribution in [0.4, 0.5) is 0 Å². The summed E-state index contributed by atoms with van der Waals surface area (Å²) in [6.45, 7) is 1.15. The van der Waals surface area contributed by atoms with Crippen LogP contribution in [-0.4, -0.2) is 21.6 Å². The van der Waals surface area contributed by atoms with Crippen LogP contribution in [0.1, 0.15) is 11.3 Å². The van der Waals surface area contributed by atoms with E-state index in [1.165, 1.54) is 11.3 Å². The van der Waals surface area contributed by atoms with Gasteiger partial charge in [-0.2, -0.15) is 0 Å². The maximum absolute atomic E-state index is 12.0. The summed E-state index contributed by atoms with van der Waals surface area (Å²) in [5, 5.41) is 0. The standard InChI is InChI=1S/C14H18N2O3S2/c15-11-13-7-8-14(20-13)21(17,18)16-9-4-10-19-12-5-2-1-3-6-12/h1-3,5-8,16H,4,9-11,15H2. The Morgan fingerprint density at radius 3 is 2.57 bits per heavy atom. The lowest BCUT2D eigenvalue weighted by Gasteiger charge is -2.07. The highest BCUT2D eigenvalue weighted by atomic mass is 32.2. The Labute approximate surface area is 128 Å². The molecule has 0 saturated heterocycles. The van der Waals surface area contributed by atoms with Gasteiger partial charge < -0.3 is 10.5 Å². The number of hydrogen-bond donors (Lipinski definition) is 2. The van der Waals surface area contributed by atoms with Crippen molar-refractivity contribution in [2.24, 2.45) is 5.73 Å². The van der Waals surface area contributed by atoms with Crippen LogP contribution in [0.2, 0.25) is 0 Å². The van der Waals surface area contributed by atoms with Crippen molar-refractivity contribution < 1.29 is 13.2 Å². The number of hydrogen-bond acceptors (Lipinski definition) is 5. The lowest BCUT2D eigenvalue weighted by molar-refractivity contribution is 0.311. The summed E-state index contributed by atoms with van der Waals surface area (Å²) >= 11 is 1.19. The highest BCUT2D eigenvalue weighted by Crippen LogP contribution is 2.20. The van der Waals surface area contributed by atoms with E-state index < -0.39 is 10.0 Å². The van der Waals surface area contributed by atoms with E-state index in [4.69, 9.17) is 10.5 Å². The molecule has 0 aliphatic heterocycles. The zero-order chi connectivity index (χ0) is 15.1. The van der Waals surface area contributed by atoms with Crippen molar-refractivity contribution in [3.05, 3.63) is 47.3 Å². The number of ether oxygens (including phenoxy) is 1. The van der Waals surface area contributed by atoms with Crippen molar-refractivity contribution in [1.29, 1.82) is 0 Å². The van der Waals surface area contributed by atoms with E-state index in [9.17, 15) is 8.42 Å². The SMILES string of the molecule is NCc1ccc(S(=O)(=O)NCCCOc2ccccc2)s1. The number of sulfonamides is 1. The molecule has 1 aromatic heterocycles. The maximum atomic E-state index is 12.0. The second-order valence-electron chi connectivity index (χ2n) is 4.34. The molecule has 0 unspecified atom stereocenters. The topological polar surface area (TPSA) is 81.4 Å². The van der Waals surface area contributed by atoms with Crippen LogP contribution < -0.4 is 15.2 Å². The van der Waals surface area contributed by atoms with Gasteiger partial charge in [-0.05, 0) is 30.7 Å². The minimum atomic E-state index is -3.44. The summed E-state index contributed by atoms with van der Waals surface area (Å²) in [6.07, 6.45) is 0.600. The largest absolute Gasteiger partial charge is 0.494 e. The van der Waals surface area contributed by atoms with Crippen molar-refractivity contribution in [2.75, 3.05) is 13.2 Å². The smallest absolute Gasteiger partial charge is 0.250 e. The predicted molar refractivity (Wildman–Crippen MR) is 84.0 cm³/mol. The molecule has 0 aliphatic carbocycles. The molecule has 2 aromatic rings. The average molecular weight is 326 g/mol. The third-order valence-electron chi connectivity index (χ3n) is 2.73. The van der Waals surface area contributed by atoms with E-state index in [-0.39, 0.29) is 0 Å². The van der Waals surface area contributed by atoms with Crippen LogP contribution in [-0.2, 0) is 16.6 Å². The second kappa shape index (κ2) is 7.56. The first-order chi connectivity index (χ1) is 10.1. The first-order valence-electron chi connectivity index (χ1n) is 6.58. The molecular formula is C14H18N2O3S2. The molecule has 1 aromatic carbocycles. The van der Waals surface area contributed by atoms with Crippen molar-refractivity contribution >= 4 is 21.4 Å². The number of thiophene rings is 1. The number of para-hydroxylation sites is 1. The summed E-state index contributed by atoms with van der Waals surface area (Å²) in [7, 11) is -3.44. The highest BCUT2D eigenvalue weighted by molar-refractivity contribution is 7.91. The molecular weight excluding hydrogens is 308 g/mol. The van der Waals surface area contributed by atoms with Gasteiger partial charge >= 0.3 is 0 Å². The van der Waals surface area contributed by atoms with Gasteiger partial charge in [0.2, 0.25) is 10.0 Å². The fourth-order valence-corrected chi connectivity index (χ4v) is 4.02. The number of benzene rings is 1. The van der Waals surface area contributed by atoms with Crippen molar-refractivity contribution in [1.82, 2.24) is 4.72 Å². The van der Waals surface area contributed by atoms with E-state index >= 15 is 0 Å². The van der Waals surface area contributed by atoms with Crippen LogP contribution in [0.3, 0.4) is 0 Å². The Morgan fingerprint density at radius 1 is 1.14 bits per heavy atom. The Bertz CT molecular complexity index is 654. The molecule has 0 spiro atoms. The lowest BCUT2D eigenvalue weighted by Crippen LogP contribution is -2.25. The minimum absolute atomic E-state index is 0.298. The summed E-state index contributed by atoms with van der Waals surface area (Å²) < 4.78 is 32.4. The first-order valence-corrected chi connectivity index (χ1v) is 8.88. The third kappa shape index (κ3) is 4.82. The predicted octanol–water partition coefficient (Wildman–Crippen LogP) is 1.95. The van der Waals surface area contributed by atoms with Gasteiger partial charge in [0.1, 0.15) is 9.96 Å². The quantitative estimate of drug-likeness (QED) is 0.727. The molecule has 21 heavy (non-hydrogen) atoms. The van der Waals surface area contributed by atoms with Gasteiger partial charge in [0, 0.05) is 18.0 Å².